The number of carbonyl (C=O) groups is 1. The van der Waals surface area contributed by atoms with Crippen LogP contribution in [0, 0.1) is 13.8 Å². The average Bonchev–Trinajstić information content (AvgIpc) is 2.38. The minimum atomic E-state index is -0.142. The predicted octanol–water partition coefficient (Wildman–Crippen LogP) is 4.61. The molecule has 2 aromatic carbocycles. The molecule has 0 aliphatic heterocycles. The Kier molecular flexibility index (Phi) is 4.32. The molecular weight excluding hydrogens is 322 g/mol. The molecule has 0 bridgehead atoms. The van der Waals surface area contributed by atoms with E-state index in [2.05, 4.69) is 33.9 Å². The molecule has 0 atom stereocenters. The van der Waals surface area contributed by atoms with Crippen LogP contribution >= 0.6 is 28.6 Å². The van der Waals surface area contributed by atoms with E-state index in [0.29, 0.717) is 5.56 Å². The zero-order chi connectivity index (χ0) is 14.0. The summed E-state index contributed by atoms with van der Waals surface area (Å²) in [6, 6.07) is 11.3. The van der Waals surface area contributed by atoms with Crippen LogP contribution in [0.3, 0.4) is 0 Å². The van der Waals surface area contributed by atoms with Crippen LogP contribution in [0.15, 0.2) is 45.8 Å². The van der Waals surface area contributed by atoms with E-state index < -0.39 is 0 Å². The lowest BCUT2D eigenvalue weighted by Gasteiger charge is -2.11. The van der Waals surface area contributed by atoms with Crippen LogP contribution < -0.4 is 5.32 Å². The van der Waals surface area contributed by atoms with E-state index in [1.807, 2.05) is 44.2 Å². The summed E-state index contributed by atoms with van der Waals surface area (Å²) >= 11 is 7.64. The molecule has 0 saturated carbocycles. The lowest BCUT2D eigenvalue weighted by Crippen LogP contribution is -2.13. The summed E-state index contributed by atoms with van der Waals surface area (Å²) in [7, 11) is 0. The van der Waals surface area contributed by atoms with E-state index in [4.69, 9.17) is 0 Å². The van der Waals surface area contributed by atoms with Crippen LogP contribution in [0.25, 0.3) is 0 Å². The first kappa shape index (κ1) is 14.2. The van der Waals surface area contributed by atoms with Gasteiger partial charge in [0.25, 0.3) is 5.91 Å². The molecule has 0 aliphatic carbocycles. The van der Waals surface area contributed by atoms with Gasteiger partial charge in [0.15, 0.2) is 0 Å². The maximum Gasteiger partial charge on any atom is 0.256 e. The Balaban J connectivity index is 2.31. The molecule has 0 spiro atoms. The van der Waals surface area contributed by atoms with Crippen molar-refractivity contribution in [1.82, 2.24) is 0 Å². The van der Waals surface area contributed by atoms with Crippen LogP contribution in [0.2, 0.25) is 0 Å². The zero-order valence-electron chi connectivity index (χ0n) is 10.7. The molecule has 0 radical (unpaired) electrons. The molecule has 2 nitrogen and oxygen atoms in total. The summed E-state index contributed by atoms with van der Waals surface area (Å²) in [5.74, 6) is -0.142. The molecule has 0 unspecified atom stereocenters. The van der Waals surface area contributed by atoms with Crippen molar-refractivity contribution in [2.24, 2.45) is 0 Å². The second-order valence-electron chi connectivity index (χ2n) is 4.37. The van der Waals surface area contributed by atoms with Crippen LogP contribution in [-0.2, 0) is 0 Å². The third-order valence-electron chi connectivity index (χ3n) is 3.05. The van der Waals surface area contributed by atoms with E-state index >= 15 is 0 Å². The maximum absolute atomic E-state index is 12.3. The van der Waals surface area contributed by atoms with Gasteiger partial charge in [-0.05, 0) is 65.2 Å². The highest BCUT2D eigenvalue weighted by atomic mass is 79.9. The van der Waals surface area contributed by atoms with Crippen molar-refractivity contribution >= 4 is 40.2 Å². The number of carbonyl (C=O) groups excluding carboxylic acids is 1. The van der Waals surface area contributed by atoms with Gasteiger partial charge in [-0.3, -0.25) is 4.79 Å². The number of hydrogen-bond donors (Lipinski definition) is 2. The molecule has 0 fully saturated rings. The van der Waals surface area contributed by atoms with Crippen molar-refractivity contribution in [3.05, 3.63) is 57.6 Å². The van der Waals surface area contributed by atoms with Crippen LogP contribution in [0.4, 0.5) is 5.69 Å². The smallest absolute Gasteiger partial charge is 0.256 e. The Labute approximate surface area is 126 Å². The van der Waals surface area contributed by atoms with Gasteiger partial charge in [0.1, 0.15) is 0 Å². The lowest BCUT2D eigenvalue weighted by molar-refractivity contribution is 0.102. The predicted molar refractivity (Wildman–Crippen MR) is 85.3 cm³/mol. The molecule has 98 valence electrons. The number of rotatable bonds is 2. The molecule has 0 aliphatic rings. The van der Waals surface area contributed by atoms with E-state index in [1.54, 1.807) is 6.07 Å². The third kappa shape index (κ3) is 3.19. The summed E-state index contributed by atoms with van der Waals surface area (Å²) in [6.45, 7) is 4.02. The van der Waals surface area contributed by atoms with Gasteiger partial charge in [0.05, 0.1) is 5.56 Å². The highest BCUT2D eigenvalue weighted by Crippen LogP contribution is 2.23. The number of benzene rings is 2. The fraction of sp³-hybridized carbons (Fsp3) is 0.133. The quantitative estimate of drug-likeness (QED) is 0.771. The standard InChI is InChI=1S/C15H14BrNOS/c1-9-4-3-5-14(10(9)2)17-15(18)12-8-11(19)6-7-13(12)16/h3-8,19H,1-2H3,(H,17,18). The first-order valence-corrected chi connectivity index (χ1v) is 7.09. The average molecular weight is 336 g/mol. The van der Waals surface area contributed by atoms with Crippen molar-refractivity contribution in [3.8, 4) is 0 Å². The molecule has 0 saturated heterocycles. The Hall–Kier alpha value is -1.26. The van der Waals surface area contributed by atoms with E-state index in [-0.39, 0.29) is 5.91 Å². The van der Waals surface area contributed by atoms with Crippen LogP contribution in [0.1, 0.15) is 21.5 Å². The first-order chi connectivity index (χ1) is 8.99. The van der Waals surface area contributed by atoms with E-state index in [1.165, 1.54) is 0 Å². The van der Waals surface area contributed by atoms with Gasteiger partial charge in [0, 0.05) is 15.1 Å². The number of hydrogen-bond acceptors (Lipinski definition) is 2. The summed E-state index contributed by atoms with van der Waals surface area (Å²) in [4.78, 5) is 13.0. The summed E-state index contributed by atoms with van der Waals surface area (Å²) in [6.07, 6.45) is 0. The van der Waals surface area contributed by atoms with Crippen molar-refractivity contribution in [2.45, 2.75) is 18.7 Å². The Morgan fingerprint density at radius 3 is 2.68 bits per heavy atom. The topological polar surface area (TPSA) is 29.1 Å². The molecule has 2 rings (SSSR count). The SMILES string of the molecule is Cc1cccc(NC(=O)c2cc(S)ccc2Br)c1C. The van der Waals surface area contributed by atoms with Gasteiger partial charge >= 0.3 is 0 Å². The van der Waals surface area contributed by atoms with Crippen molar-refractivity contribution in [3.63, 3.8) is 0 Å². The normalized spacial score (nSPS) is 10.3. The van der Waals surface area contributed by atoms with Crippen LogP contribution in [-0.4, -0.2) is 5.91 Å². The number of anilines is 1. The Morgan fingerprint density at radius 1 is 1.21 bits per heavy atom. The number of amides is 1. The van der Waals surface area contributed by atoms with Gasteiger partial charge in [-0.25, -0.2) is 0 Å². The second kappa shape index (κ2) is 5.80. The Morgan fingerprint density at radius 2 is 1.95 bits per heavy atom. The van der Waals surface area contributed by atoms with Crippen molar-refractivity contribution in [1.29, 1.82) is 0 Å². The summed E-state index contributed by atoms with van der Waals surface area (Å²) in [5.41, 5.74) is 3.64. The molecule has 0 heterocycles. The maximum atomic E-state index is 12.3. The van der Waals surface area contributed by atoms with Gasteiger partial charge in [-0.1, -0.05) is 12.1 Å². The minimum absolute atomic E-state index is 0.142. The van der Waals surface area contributed by atoms with Crippen molar-refractivity contribution < 1.29 is 4.79 Å². The van der Waals surface area contributed by atoms with Gasteiger partial charge in [-0.2, -0.15) is 0 Å². The summed E-state index contributed by atoms with van der Waals surface area (Å²) < 4.78 is 0.758. The molecule has 4 heteroatoms. The molecule has 0 aromatic heterocycles. The summed E-state index contributed by atoms with van der Waals surface area (Å²) in [5, 5.41) is 2.93. The van der Waals surface area contributed by atoms with E-state index in [0.717, 1.165) is 26.2 Å². The molecule has 1 N–H and O–H groups in total. The highest BCUT2D eigenvalue weighted by molar-refractivity contribution is 9.10. The fourth-order valence-corrected chi connectivity index (χ4v) is 2.39. The second-order valence-corrected chi connectivity index (χ2v) is 5.74. The molecular formula is C15H14BrNOS. The number of aryl methyl sites for hydroxylation is 1. The number of nitrogens with one attached hydrogen (secondary N) is 1. The highest BCUT2D eigenvalue weighted by Gasteiger charge is 2.12. The van der Waals surface area contributed by atoms with Gasteiger partial charge in [-0.15, -0.1) is 12.6 Å². The zero-order valence-corrected chi connectivity index (χ0v) is 13.2. The number of halogens is 1. The lowest BCUT2D eigenvalue weighted by atomic mass is 10.1. The monoisotopic (exact) mass is 335 g/mol. The first-order valence-electron chi connectivity index (χ1n) is 5.85. The van der Waals surface area contributed by atoms with Gasteiger partial charge in [0.2, 0.25) is 0 Å². The van der Waals surface area contributed by atoms with E-state index in [9.17, 15) is 4.79 Å². The molecule has 1 amide bonds. The molecule has 2 aromatic rings. The Bertz CT molecular complexity index is 640. The third-order valence-corrected chi connectivity index (χ3v) is 4.02. The molecule has 19 heavy (non-hydrogen) atoms. The minimum Gasteiger partial charge on any atom is -0.322 e. The fourth-order valence-electron chi connectivity index (χ4n) is 1.76. The largest absolute Gasteiger partial charge is 0.322 e. The van der Waals surface area contributed by atoms with Crippen LogP contribution in [0.5, 0.6) is 0 Å². The van der Waals surface area contributed by atoms with Crippen molar-refractivity contribution in [2.75, 3.05) is 5.32 Å². The number of thiol groups is 1. The van der Waals surface area contributed by atoms with Gasteiger partial charge < -0.3 is 5.32 Å².